The van der Waals surface area contributed by atoms with Crippen molar-refractivity contribution in [3.05, 3.63) is 66.2 Å². The summed E-state index contributed by atoms with van der Waals surface area (Å²) in [6.07, 6.45) is -0.188. The number of hydrogen-bond donors (Lipinski definition) is 0. The molecule has 0 spiro atoms. The zero-order valence-corrected chi connectivity index (χ0v) is 14.6. The molecule has 1 unspecified atom stereocenters. The fraction of sp³-hybridized carbons (Fsp3) is 0.278. The number of hydrogen-bond acceptors (Lipinski definition) is 4. The van der Waals surface area contributed by atoms with E-state index in [1.807, 2.05) is 36.4 Å². The molecule has 0 aromatic heterocycles. The Morgan fingerprint density at radius 2 is 1.58 bits per heavy atom. The van der Waals surface area contributed by atoms with Crippen molar-refractivity contribution in [2.24, 2.45) is 0 Å². The van der Waals surface area contributed by atoms with Gasteiger partial charge >= 0.3 is 5.97 Å². The molecule has 1 atom stereocenters. The van der Waals surface area contributed by atoms with Gasteiger partial charge in [0.25, 0.3) is 0 Å². The Hall–Kier alpha value is -2.34. The smallest absolute Gasteiger partial charge is 0.307 e. The van der Waals surface area contributed by atoms with Crippen molar-refractivity contribution in [2.45, 2.75) is 25.2 Å². The van der Waals surface area contributed by atoms with Gasteiger partial charge in [-0.15, -0.1) is 0 Å². The first-order valence-corrected chi connectivity index (χ1v) is 9.14. The van der Waals surface area contributed by atoms with Gasteiger partial charge in [0.05, 0.1) is 17.4 Å². The second-order valence-corrected chi connectivity index (χ2v) is 7.89. The number of anilines is 1. The van der Waals surface area contributed by atoms with Gasteiger partial charge in [0.15, 0.2) is 0 Å². The van der Waals surface area contributed by atoms with E-state index in [4.69, 9.17) is 4.74 Å². The lowest BCUT2D eigenvalue weighted by molar-refractivity contribution is -0.144. The Kier molecular flexibility index (Phi) is 5.98. The fourth-order valence-corrected chi connectivity index (χ4v) is 3.49. The number of ether oxygens (including phenoxy) is 1. The van der Waals surface area contributed by atoms with Crippen LogP contribution in [0.4, 0.5) is 5.69 Å². The first kappa shape index (κ1) is 18.0. The van der Waals surface area contributed by atoms with Crippen LogP contribution in [0, 0.1) is 0 Å². The molecular weight excluding hydrogens is 326 g/mol. The minimum atomic E-state index is -3.64. The van der Waals surface area contributed by atoms with Crippen molar-refractivity contribution in [3.63, 3.8) is 0 Å². The lowest BCUT2D eigenvalue weighted by Crippen LogP contribution is -2.36. The van der Waals surface area contributed by atoms with Crippen LogP contribution in [0.25, 0.3) is 0 Å². The molecule has 0 bridgehead atoms. The number of nitrogens with zero attached hydrogens (tertiary/aromatic N) is 1. The fourth-order valence-electron chi connectivity index (χ4n) is 2.19. The van der Waals surface area contributed by atoms with E-state index in [-0.39, 0.29) is 13.0 Å². The van der Waals surface area contributed by atoms with Crippen LogP contribution >= 0.6 is 0 Å². The van der Waals surface area contributed by atoms with E-state index in [1.165, 1.54) is 18.3 Å². The van der Waals surface area contributed by atoms with Crippen molar-refractivity contribution in [1.82, 2.24) is 0 Å². The van der Waals surface area contributed by atoms with E-state index in [1.54, 1.807) is 24.3 Å². The van der Waals surface area contributed by atoms with Crippen LogP contribution in [-0.4, -0.2) is 26.7 Å². The van der Waals surface area contributed by atoms with Gasteiger partial charge in [-0.05, 0) is 24.6 Å². The highest BCUT2D eigenvalue weighted by Gasteiger charge is 2.28. The predicted molar refractivity (Wildman–Crippen MR) is 94.1 cm³/mol. The van der Waals surface area contributed by atoms with Crippen molar-refractivity contribution < 1.29 is 17.9 Å². The summed E-state index contributed by atoms with van der Waals surface area (Å²) < 4.78 is 31.5. The number of rotatable bonds is 7. The molecule has 24 heavy (non-hydrogen) atoms. The van der Waals surface area contributed by atoms with E-state index in [0.717, 1.165) is 5.56 Å². The zero-order valence-electron chi connectivity index (χ0n) is 13.8. The number of carbonyl (C=O) groups excluding carboxylic acids is 1. The molecular formula is C18H21NO4S. The topological polar surface area (TPSA) is 63.7 Å². The molecule has 6 heteroatoms. The average Bonchev–Trinajstić information content (AvgIpc) is 2.60. The SMILES string of the molecule is CC(CC(=O)OCc1ccccc1)S(=O)(=O)N(C)c1ccccc1. The number of carbonyl (C=O) groups is 1. The zero-order chi connectivity index (χ0) is 17.6. The van der Waals surface area contributed by atoms with E-state index in [9.17, 15) is 13.2 Å². The van der Waals surface area contributed by atoms with Crippen molar-refractivity contribution in [1.29, 1.82) is 0 Å². The summed E-state index contributed by atoms with van der Waals surface area (Å²) in [7, 11) is -2.15. The standard InChI is InChI=1S/C18H21NO4S/c1-15(13-18(20)23-14-16-9-5-3-6-10-16)24(21,22)19(2)17-11-7-4-8-12-17/h3-12,15H,13-14H2,1-2H3. The number of esters is 1. The molecule has 0 aliphatic carbocycles. The van der Waals surface area contributed by atoms with Crippen LogP contribution in [0.5, 0.6) is 0 Å². The minimum Gasteiger partial charge on any atom is -0.461 e. The van der Waals surface area contributed by atoms with Gasteiger partial charge < -0.3 is 4.74 Å². The largest absolute Gasteiger partial charge is 0.461 e. The van der Waals surface area contributed by atoms with Gasteiger partial charge in [-0.25, -0.2) is 8.42 Å². The highest BCUT2D eigenvalue weighted by Crippen LogP contribution is 2.20. The Morgan fingerprint density at radius 3 is 2.17 bits per heavy atom. The van der Waals surface area contributed by atoms with Gasteiger partial charge in [-0.3, -0.25) is 9.10 Å². The van der Waals surface area contributed by atoms with Crippen LogP contribution in [-0.2, 0) is 26.2 Å². The van der Waals surface area contributed by atoms with Crippen LogP contribution < -0.4 is 4.31 Å². The third-order valence-corrected chi connectivity index (χ3v) is 5.86. The molecule has 0 saturated carbocycles. The highest BCUT2D eigenvalue weighted by molar-refractivity contribution is 7.93. The Morgan fingerprint density at radius 1 is 1.04 bits per heavy atom. The molecule has 2 rings (SSSR count). The van der Waals surface area contributed by atoms with Gasteiger partial charge in [0.2, 0.25) is 10.0 Å². The first-order chi connectivity index (χ1) is 11.4. The third kappa shape index (κ3) is 4.58. The molecule has 0 amide bonds. The predicted octanol–water partition coefficient (Wildman–Crippen LogP) is 2.97. The maximum absolute atomic E-state index is 12.6. The summed E-state index contributed by atoms with van der Waals surface area (Å²) in [4.78, 5) is 11.9. The molecule has 0 fully saturated rings. The highest BCUT2D eigenvalue weighted by atomic mass is 32.2. The number of benzene rings is 2. The van der Waals surface area contributed by atoms with Crippen LogP contribution in [0.15, 0.2) is 60.7 Å². The van der Waals surface area contributed by atoms with E-state index >= 15 is 0 Å². The second kappa shape index (κ2) is 7.97. The minimum absolute atomic E-state index is 0.140. The summed E-state index contributed by atoms with van der Waals surface area (Å²) in [5.74, 6) is -0.531. The van der Waals surface area contributed by atoms with Crippen molar-refractivity contribution in [2.75, 3.05) is 11.4 Å². The van der Waals surface area contributed by atoms with Gasteiger partial charge in [-0.1, -0.05) is 48.5 Å². The molecule has 0 saturated heterocycles. The Balaban J connectivity index is 1.95. The maximum Gasteiger partial charge on any atom is 0.307 e. The second-order valence-electron chi connectivity index (χ2n) is 5.51. The molecule has 0 aliphatic rings. The Bertz CT molecular complexity index is 760. The lowest BCUT2D eigenvalue weighted by atomic mass is 10.2. The van der Waals surface area contributed by atoms with E-state index in [0.29, 0.717) is 5.69 Å². The molecule has 0 radical (unpaired) electrons. The summed E-state index contributed by atoms with van der Waals surface area (Å²) in [6, 6.07) is 18.0. The molecule has 5 nitrogen and oxygen atoms in total. The van der Waals surface area contributed by atoms with Crippen molar-refractivity contribution in [3.8, 4) is 0 Å². The van der Waals surface area contributed by atoms with Crippen molar-refractivity contribution >= 4 is 21.7 Å². The number of sulfonamides is 1. The average molecular weight is 347 g/mol. The third-order valence-electron chi connectivity index (χ3n) is 3.71. The molecule has 2 aromatic carbocycles. The molecule has 0 N–H and O–H groups in total. The van der Waals surface area contributed by atoms with Crippen LogP contribution in [0.2, 0.25) is 0 Å². The molecule has 128 valence electrons. The van der Waals surface area contributed by atoms with Crippen LogP contribution in [0.1, 0.15) is 18.9 Å². The van der Waals surface area contributed by atoms with Gasteiger partial charge in [0, 0.05) is 7.05 Å². The van der Waals surface area contributed by atoms with E-state index < -0.39 is 21.2 Å². The molecule has 0 heterocycles. The monoisotopic (exact) mass is 347 g/mol. The molecule has 2 aromatic rings. The van der Waals surface area contributed by atoms with Crippen LogP contribution in [0.3, 0.4) is 0 Å². The van der Waals surface area contributed by atoms with Gasteiger partial charge in [-0.2, -0.15) is 0 Å². The Labute approximate surface area is 142 Å². The normalized spacial score (nSPS) is 12.4. The summed E-state index contributed by atoms with van der Waals surface area (Å²) in [5.41, 5.74) is 1.42. The molecule has 0 aliphatic heterocycles. The maximum atomic E-state index is 12.6. The number of para-hydroxylation sites is 1. The summed E-state index contributed by atoms with van der Waals surface area (Å²) >= 11 is 0. The first-order valence-electron chi connectivity index (χ1n) is 7.63. The lowest BCUT2D eigenvalue weighted by Gasteiger charge is -2.23. The van der Waals surface area contributed by atoms with Gasteiger partial charge in [0.1, 0.15) is 6.61 Å². The summed E-state index contributed by atoms with van der Waals surface area (Å²) in [6.45, 7) is 1.65. The van der Waals surface area contributed by atoms with E-state index in [2.05, 4.69) is 0 Å². The summed E-state index contributed by atoms with van der Waals surface area (Å²) in [5, 5.41) is -0.869. The quantitative estimate of drug-likeness (QED) is 0.722.